The van der Waals surface area contributed by atoms with Crippen LogP contribution < -0.4 is 10.9 Å². The number of aromatic amines is 1. The molecule has 2 aromatic rings. The molecule has 8 heteroatoms. The highest BCUT2D eigenvalue weighted by molar-refractivity contribution is 7.99. The van der Waals surface area contributed by atoms with Crippen LogP contribution in [0.15, 0.2) is 34.2 Å². The molecule has 128 valence electrons. The molecule has 24 heavy (non-hydrogen) atoms. The lowest BCUT2D eigenvalue weighted by atomic mass is 10.1. The third-order valence-corrected chi connectivity index (χ3v) is 3.93. The number of hydrogen-bond donors (Lipinski definition) is 3. The van der Waals surface area contributed by atoms with E-state index >= 15 is 0 Å². The van der Waals surface area contributed by atoms with Gasteiger partial charge in [-0.2, -0.15) is 4.98 Å². The van der Waals surface area contributed by atoms with Crippen molar-refractivity contribution in [2.45, 2.75) is 25.4 Å². The molecule has 1 heterocycles. The Balaban J connectivity index is 1.97. The number of carbonyl (C=O) groups is 1. The number of rotatable bonds is 6. The predicted octanol–water partition coefficient (Wildman–Crippen LogP) is 2.54. The van der Waals surface area contributed by atoms with Crippen molar-refractivity contribution in [2.24, 2.45) is 5.92 Å². The van der Waals surface area contributed by atoms with Gasteiger partial charge in [0.1, 0.15) is 5.82 Å². The second kappa shape index (κ2) is 7.96. The molecule has 0 fully saturated rings. The normalized spacial score (nSPS) is 10.8. The van der Waals surface area contributed by atoms with Crippen LogP contribution in [0.3, 0.4) is 0 Å². The number of nitrogens with zero attached hydrogens (tertiary/aromatic N) is 1. The van der Waals surface area contributed by atoms with E-state index in [2.05, 4.69) is 15.3 Å². The molecular weight excluding hydrogens is 333 g/mol. The number of anilines is 1. The van der Waals surface area contributed by atoms with Gasteiger partial charge in [0.15, 0.2) is 5.16 Å². The molecule has 0 aliphatic carbocycles. The molecule has 1 amide bonds. The Bertz CT molecular complexity index is 775. The average Bonchev–Trinajstić information content (AvgIpc) is 2.51. The lowest BCUT2D eigenvalue weighted by Crippen LogP contribution is -2.18. The smallest absolute Gasteiger partial charge is 0.258 e. The van der Waals surface area contributed by atoms with Gasteiger partial charge in [-0.25, -0.2) is 4.39 Å². The summed E-state index contributed by atoms with van der Waals surface area (Å²) >= 11 is 0.994. The first kappa shape index (κ1) is 18.0. The first-order valence-electron chi connectivity index (χ1n) is 7.35. The van der Waals surface area contributed by atoms with Gasteiger partial charge in [-0.1, -0.05) is 25.6 Å². The summed E-state index contributed by atoms with van der Waals surface area (Å²) in [7, 11) is 0. The number of aromatic nitrogens is 2. The maximum absolute atomic E-state index is 12.8. The summed E-state index contributed by atoms with van der Waals surface area (Å²) in [5, 5.41) is 12.6. The van der Waals surface area contributed by atoms with E-state index in [1.54, 1.807) is 0 Å². The van der Waals surface area contributed by atoms with Crippen molar-refractivity contribution in [1.82, 2.24) is 9.97 Å². The third-order valence-electron chi connectivity index (χ3n) is 3.05. The Morgan fingerprint density at radius 3 is 2.62 bits per heavy atom. The van der Waals surface area contributed by atoms with Gasteiger partial charge in [0.2, 0.25) is 11.8 Å². The van der Waals surface area contributed by atoms with Crippen LogP contribution in [0.1, 0.15) is 19.4 Å². The molecular formula is C16H18FN3O3S. The molecule has 6 nitrogen and oxygen atoms in total. The SMILES string of the molecule is CC(C)Cc1c(O)nc(SCC(=O)Nc2ccc(F)cc2)[nH]c1=O. The van der Waals surface area contributed by atoms with E-state index in [4.69, 9.17) is 0 Å². The van der Waals surface area contributed by atoms with Gasteiger partial charge in [-0.15, -0.1) is 0 Å². The Morgan fingerprint density at radius 1 is 1.38 bits per heavy atom. The fraction of sp³-hybridized carbons (Fsp3) is 0.312. The summed E-state index contributed by atoms with van der Waals surface area (Å²) in [5.41, 5.74) is 0.307. The van der Waals surface area contributed by atoms with Crippen molar-refractivity contribution in [1.29, 1.82) is 0 Å². The number of amides is 1. The van der Waals surface area contributed by atoms with Crippen LogP contribution in [0.4, 0.5) is 10.1 Å². The summed E-state index contributed by atoms with van der Waals surface area (Å²) in [6.45, 7) is 3.86. The Kier molecular flexibility index (Phi) is 5.97. The van der Waals surface area contributed by atoms with Crippen molar-refractivity contribution in [3.05, 3.63) is 46.0 Å². The molecule has 0 radical (unpaired) electrons. The van der Waals surface area contributed by atoms with E-state index in [1.807, 2.05) is 13.8 Å². The van der Waals surface area contributed by atoms with E-state index in [0.29, 0.717) is 12.1 Å². The zero-order valence-corrected chi connectivity index (χ0v) is 14.1. The number of carbonyl (C=O) groups excluding carboxylic acids is 1. The maximum atomic E-state index is 12.8. The summed E-state index contributed by atoms with van der Waals surface area (Å²) in [5.74, 6) is -0.836. The van der Waals surface area contributed by atoms with Gasteiger partial charge in [-0.3, -0.25) is 9.59 Å². The molecule has 0 bridgehead atoms. The van der Waals surface area contributed by atoms with Crippen LogP contribution >= 0.6 is 11.8 Å². The number of halogens is 1. The standard InChI is InChI=1S/C16H18FN3O3S/c1-9(2)7-12-14(22)19-16(20-15(12)23)24-8-13(21)18-11-5-3-10(17)4-6-11/h3-6,9H,7-8H2,1-2H3,(H,18,21)(H2,19,20,22,23). The molecule has 0 atom stereocenters. The summed E-state index contributed by atoms with van der Waals surface area (Å²) in [6.07, 6.45) is 0.421. The summed E-state index contributed by atoms with van der Waals surface area (Å²) in [6, 6.07) is 5.38. The van der Waals surface area contributed by atoms with Crippen LogP contribution in [-0.2, 0) is 11.2 Å². The van der Waals surface area contributed by atoms with Gasteiger partial charge in [-0.05, 0) is 36.6 Å². The van der Waals surface area contributed by atoms with Crippen molar-refractivity contribution < 1.29 is 14.3 Å². The number of nitrogens with one attached hydrogen (secondary N) is 2. The lowest BCUT2D eigenvalue weighted by molar-refractivity contribution is -0.113. The predicted molar refractivity (Wildman–Crippen MR) is 90.8 cm³/mol. The highest BCUT2D eigenvalue weighted by Gasteiger charge is 2.13. The number of benzene rings is 1. The number of H-pyrrole nitrogens is 1. The molecule has 1 aromatic heterocycles. The van der Waals surface area contributed by atoms with Gasteiger partial charge in [0.25, 0.3) is 5.56 Å². The lowest BCUT2D eigenvalue weighted by Gasteiger charge is -2.08. The first-order chi connectivity index (χ1) is 11.3. The molecule has 0 spiro atoms. The molecule has 0 saturated carbocycles. The second-order valence-corrected chi connectivity index (χ2v) is 6.58. The fourth-order valence-corrected chi connectivity index (χ4v) is 2.65. The molecule has 0 aliphatic heterocycles. The van der Waals surface area contributed by atoms with Crippen LogP contribution in [0, 0.1) is 11.7 Å². The van der Waals surface area contributed by atoms with Crippen LogP contribution in [0.2, 0.25) is 0 Å². The number of thioether (sulfide) groups is 1. The van der Waals surface area contributed by atoms with Crippen molar-refractivity contribution >= 4 is 23.4 Å². The van der Waals surface area contributed by atoms with Crippen LogP contribution in [-0.4, -0.2) is 26.7 Å². The highest BCUT2D eigenvalue weighted by atomic mass is 32.2. The minimum absolute atomic E-state index is 0.0106. The van der Waals surface area contributed by atoms with E-state index in [1.165, 1.54) is 24.3 Å². The summed E-state index contributed by atoms with van der Waals surface area (Å²) in [4.78, 5) is 30.3. The molecule has 0 unspecified atom stereocenters. The first-order valence-corrected chi connectivity index (χ1v) is 8.34. The monoisotopic (exact) mass is 351 g/mol. The number of aromatic hydroxyl groups is 1. The van der Waals surface area contributed by atoms with E-state index < -0.39 is 5.56 Å². The van der Waals surface area contributed by atoms with Crippen molar-refractivity contribution in [3.8, 4) is 5.88 Å². The van der Waals surface area contributed by atoms with Crippen LogP contribution in [0.25, 0.3) is 0 Å². The van der Waals surface area contributed by atoms with Gasteiger partial charge in [0, 0.05) is 5.69 Å². The minimum Gasteiger partial charge on any atom is -0.493 e. The van der Waals surface area contributed by atoms with Crippen molar-refractivity contribution in [2.75, 3.05) is 11.1 Å². The largest absolute Gasteiger partial charge is 0.493 e. The Morgan fingerprint density at radius 2 is 2.04 bits per heavy atom. The quantitative estimate of drug-likeness (QED) is 0.549. The van der Waals surface area contributed by atoms with Gasteiger partial charge < -0.3 is 15.4 Å². The Labute approximate surface area is 142 Å². The van der Waals surface area contributed by atoms with Gasteiger partial charge in [0.05, 0.1) is 11.3 Å². The third kappa shape index (κ3) is 5.09. The molecule has 2 rings (SSSR count). The van der Waals surface area contributed by atoms with Gasteiger partial charge >= 0.3 is 0 Å². The minimum atomic E-state index is -0.405. The molecule has 0 saturated heterocycles. The topological polar surface area (TPSA) is 95.1 Å². The molecule has 3 N–H and O–H groups in total. The molecule has 1 aromatic carbocycles. The average molecular weight is 351 g/mol. The van der Waals surface area contributed by atoms with E-state index in [9.17, 15) is 19.1 Å². The maximum Gasteiger partial charge on any atom is 0.258 e. The second-order valence-electron chi connectivity index (χ2n) is 5.61. The zero-order valence-electron chi connectivity index (χ0n) is 13.3. The summed E-state index contributed by atoms with van der Waals surface area (Å²) < 4.78 is 12.8. The van der Waals surface area contributed by atoms with E-state index in [-0.39, 0.29) is 40.0 Å². The number of hydrogen-bond acceptors (Lipinski definition) is 5. The van der Waals surface area contributed by atoms with Crippen molar-refractivity contribution in [3.63, 3.8) is 0 Å². The van der Waals surface area contributed by atoms with Crippen LogP contribution in [0.5, 0.6) is 5.88 Å². The fourth-order valence-electron chi connectivity index (χ4n) is 1.99. The van der Waals surface area contributed by atoms with E-state index in [0.717, 1.165) is 11.8 Å². The Hall–Kier alpha value is -2.35. The zero-order chi connectivity index (χ0) is 17.7. The molecule has 0 aliphatic rings. The highest BCUT2D eigenvalue weighted by Crippen LogP contribution is 2.19.